The van der Waals surface area contributed by atoms with Crippen LogP contribution >= 0.6 is 11.8 Å². The number of carbonyl (C=O) groups excluding carboxylic acids is 7. The summed E-state index contributed by atoms with van der Waals surface area (Å²) in [6.07, 6.45) is -12.0. The summed E-state index contributed by atoms with van der Waals surface area (Å²) in [5, 5.41) is 40.6. The van der Waals surface area contributed by atoms with Gasteiger partial charge < -0.3 is 54.8 Å². The van der Waals surface area contributed by atoms with Crippen molar-refractivity contribution in [3.63, 3.8) is 0 Å². The number of carbonyl (C=O) groups is 7. The Labute approximate surface area is 386 Å². The minimum Gasteiger partial charge on any atom is -0.455 e. The molecule has 1 aliphatic heterocycles. The van der Waals surface area contributed by atoms with Crippen LogP contribution in [0.5, 0.6) is 0 Å². The van der Waals surface area contributed by atoms with E-state index in [0.717, 1.165) is 18.7 Å². The topological polar surface area (TPSA) is 274 Å². The van der Waals surface area contributed by atoms with Gasteiger partial charge >= 0.3 is 30.0 Å². The maximum absolute atomic E-state index is 15.1. The highest BCUT2D eigenvalue weighted by Gasteiger charge is 2.78. The van der Waals surface area contributed by atoms with E-state index in [4.69, 9.17) is 34.2 Å². The van der Waals surface area contributed by atoms with E-state index < -0.39 is 130 Å². The SMILES string of the molecule is CC(=O)O[C@@]12CO[C@@H]1C[C@H](O)[C@@]1(C)C(=O)[C@H](O)C3=C(C)[C@@H](OC(=O)[C@H](OC(=O)CSCC(N)=O)[C@@H](NC(=O)OC(C)(C)C)c4ccccc4)C[C@@](O)([C@@H](OC(=O)c4ccccc4)[C@H]21)C3(C)C. The average molecular weight is 939 g/mol. The number of benzene rings is 2. The van der Waals surface area contributed by atoms with Crippen molar-refractivity contribution in [2.24, 2.45) is 22.5 Å². The van der Waals surface area contributed by atoms with Gasteiger partial charge in [-0.1, -0.05) is 62.4 Å². The molecule has 6 rings (SSSR count). The van der Waals surface area contributed by atoms with Crippen LogP contribution in [0.4, 0.5) is 4.79 Å². The predicted octanol–water partition coefficient (Wildman–Crippen LogP) is 3.03. The maximum Gasteiger partial charge on any atom is 0.408 e. The molecule has 0 radical (unpaired) electrons. The van der Waals surface area contributed by atoms with Crippen LogP contribution < -0.4 is 11.1 Å². The molecule has 0 spiro atoms. The average Bonchev–Trinajstić information content (AvgIpc) is 3.23. The quantitative estimate of drug-likeness (QED) is 0.110. The molecule has 1 saturated heterocycles. The Morgan fingerprint density at radius 1 is 0.955 bits per heavy atom. The highest BCUT2D eigenvalue weighted by Crippen LogP contribution is 2.64. The van der Waals surface area contributed by atoms with Gasteiger partial charge in [-0.25, -0.2) is 14.4 Å². The highest BCUT2D eigenvalue weighted by atomic mass is 32.2. The van der Waals surface area contributed by atoms with E-state index in [1.807, 2.05) is 0 Å². The van der Waals surface area contributed by atoms with Gasteiger partial charge in [0, 0.05) is 25.2 Å². The molecule has 2 bridgehead atoms. The van der Waals surface area contributed by atoms with E-state index >= 15 is 4.79 Å². The van der Waals surface area contributed by atoms with Crippen molar-refractivity contribution in [2.45, 2.75) is 128 Å². The molecule has 3 fully saturated rings. The number of fused-ring (bicyclic) bond motifs is 5. The van der Waals surface area contributed by atoms with Crippen LogP contribution in [0.25, 0.3) is 0 Å². The van der Waals surface area contributed by atoms with Crippen molar-refractivity contribution in [1.82, 2.24) is 5.32 Å². The molecule has 11 atom stereocenters. The summed E-state index contributed by atoms with van der Waals surface area (Å²) in [5.74, 6) is -8.00. The third-order valence-corrected chi connectivity index (χ3v) is 14.2. The molecule has 3 aliphatic carbocycles. The lowest BCUT2D eigenvalue weighted by molar-refractivity contribution is -0.346. The third-order valence-electron chi connectivity index (χ3n) is 13.3. The molecule has 2 aromatic carbocycles. The first kappa shape index (κ1) is 50.1. The van der Waals surface area contributed by atoms with Crippen molar-refractivity contribution >= 4 is 53.4 Å². The smallest absolute Gasteiger partial charge is 0.408 e. The molecular formula is C47H58N2O16S. The number of esters is 4. The number of nitrogens with two attached hydrogens (primary N) is 1. The lowest BCUT2D eigenvalue weighted by Crippen LogP contribution is -2.81. The molecule has 358 valence electrons. The summed E-state index contributed by atoms with van der Waals surface area (Å²) in [4.78, 5) is 95.6. The number of Topliss-reactive ketones (excluding diaryl/α,β-unsaturated/α-hetero) is 1. The zero-order chi connectivity index (χ0) is 48.7. The monoisotopic (exact) mass is 938 g/mol. The van der Waals surface area contributed by atoms with Crippen molar-refractivity contribution in [2.75, 3.05) is 18.1 Å². The summed E-state index contributed by atoms with van der Waals surface area (Å²) in [6, 6.07) is 14.3. The van der Waals surface area contributed by atoms with Crippen molar-refractivity contribution < 1.29 is 77.3 Å². The second kappa shape index (κ2) is 18.7. The van der Waals surface area contributed by atoms with Crippen molar-refractivity contribution in [3.8, 4) is 0 Å². The van der Waals surface area contributed by atoms with Crippen LogP contribution in [0.1, 0.15) is 90.2 Å². The van der Waals surface area contributed by atoms with Crippen LogP contribution in [0.2, 0.25) is 0 Å². The fourth-order valence-corrected chi connectivity index (χ4v) is 10.6. The number of nitrogens with one attached hydrogen (secondary N) is 1. The van der Waals surface area contributed by atoms with Gasteiger partial charge in [-0.15, -0.1) is 11.8 Å². The van der Waals surface area contributed by atoms with E-state index in [1.54, 1.807) is 69.3 Å². The molecule has 66 heavy (non-hydrogen) atoms. The van der Waals surface area contributed by atoms with Gasteiger partial charge in [0.15, 0.2) is 11.4 Å². The van der Waals surface area contributed by atoms with Crippen LogP contribution in [0.3, 0.4) is 0 Å². The number of hydrogen-bond donors (Lipinski definition) is 5. The summed E-state index contributed by atoms with van der Waals surface area (Å²) >= 11 is 0.811. The Morgan fingerprint density at radius 2 is 1.58 bits per heavy atom. The van der Waals surface area contributed by atoms with Crippen LogP contribution in [-0.4, -0.2) is 129 Å². The summed E-state index contributed by atoms with van der Waals surface area (Å²) < 4.78 is 35.7. The molecule has 4 aliphatic rings. The lowest BCUT2D eigenvalue weighted by Gasteiger charge is -2.67. The Bertz CT molecular complexity index is 2260. The first-order chi connectivity index (χ1) is 30.8. The van der Waals surface area contributed by atoms with Crippen LogP contribution in [-0.2, 0) is 52.4 Å². The van der Waals surface area contributed by atoms with E-state index in [1.165, 1.54) is 39.8 Å². The minimum absolute atomic E-state index is 0.0437. The second-order valence-electron chi connectivity index (χ2n) is 19.0. The fourth-order valence-electron chi connectivity index (χ4n) is 10.1. The summed E-state index contributed by atoms with van der Waals surface area (Å²) in [6.45, 7) is 11.5. The van der Waals surface area contributed by atoms with Gasteiger partial charge in [0.1, 0.15) is 41.7 Å². The number of ether oxygens (including phenoxy) is 6. The molecular weight excluding hydrogens is 881 g/mol. The molecule has 18 nitrogen and oxygen atoms in total. The number of amides is 2. The van der Waals surface area contributed by atoms with Crippen molar-refractivity contribution in [1.29, 1.82) is 0 Å². The molecule has 2 amide bonds. The van der Waals surface area contributed by atoms with Crippen LogP contribution in [0.15, 0.2) is 71.8 Å². The number of rotatable bonds is 13. The Morgan fingerprint density at radius 3 is 2.14 bits per heavy atom. The number of ketones is 1. The van der Waals surface area contributed by atoms with Crippen LogP contribution in [0, 0.1) is 16.7 Å². The predicted molar refractivity (Wildman–Crippen MR) is 234 cm³/mol. The number of alkyl carbamates (subject to hydrolysis) is 1. The second-order valence-corrected chi connectivity index (χ2v) is 20.0. The highest BCUT2D eigenvalue weighted by molar-refractivity contribution is 8.00. The Kier molecular flexibility index (Phi) is 14.2. The van der Waals surface area contributed by atoms with E-state index in [9.17, 15) is 44.1 Å². The molecule has 2 saturated carbocycles. The number of aliphatic hydroxyl groups excluding tert-OH is 2. The summed E-state index contributed by atoms with van der Waals surface area (Å²) in [5.41, 5.74) is -3.47. The van der Waals surface area contributed by atoms with E-state index in [-0.39, 0.29) is 41.1 Å². The van der Waals surface area contributed by atoms with Gasteiger partial charge in [0.25, 0.3) is 0 Å². The Balaban J connectivity index is 1.51. The van der Waals surface area contributed by atoms with Crippen molar-refractivity contribution in [3.05, 3.63) is 82.9 Å². The first-order valence-corrected chi connectivity index (χ1v) is 22.7. The van der Waals surface area contributed by atoms with Gasteiger partial charge in [-0.3, -0.25) is 19.2 Å². The van der Waals surface area contributed by atoms with Gasteiger partial charge in [0.05, 0.1) is 41.1 Å². The van der Waals surface area contributed by atoms with E-state index in [2.05, 4.69) is 5.32 Å². The maximum atomic E-state index is 15.1. The largest absolute Gasteiger partial charge is 0.455 e. The summed E-state index contributed by atoms with van der Waals surface area (Å²) in [7, 11) is 0. The number of thioether (sulfide) groups is 1. The third kappa shape index (κ3) is 9.32. The molecule has 0 aromatic heterocycles. The number of primary amides is 1. The molecule has 6 N–H and O–H groups in total. The first-order valence-electron chi connectivity index (χ1n) is 21.5. The van der Waals surface area contributed by atoms with E-state index in [0.29, 0.717) is 0 Å². The normalized spacial score (nSPS) is 30.9. The molecule has 0 unspecified atom stereocenters. The number of hydrogen-bond acceptors (Lipinski definition) is 17. The van der Waals surface area contributed by atoms with Gasteiger partial charge in [-0.2, -0.15) is 0 Å². The fraction of sp³-hybridized carbons (Fsp3) is 0.553. The minimum atomic E-state index is -2.44. The molecule has 1 heterocycles. The number of aliphatic hydroxyl groups is 3. The van der Waals surface area contributed by atoms with Gasteiger partial charge in [-0.05, 0) is 63.5 Å². The zero-order valence-corrected chi connectivity index (χ0v) is 38.9. The van der Waals surface area contributed by atoms with Gasteiger partial charge in [0.2, 0.25) is 12.0 Å². The standard InChI is InChI=1S/C47H58N2O16S/c1-24-28(61-41(57)36(62-32(53)22-66-21-31(48)52)34(26-15-11-9-12-16-26)49-42(58)65-43(3,4)5)20-47(59)39(63-40(56)27-17-13-10-14-18-27)37-45(8,38(55)35(54)33(24)44(47,6)7)29(51)19-30-46(37,23-60-30)64-25(2)50/h9-18,28-30,34-37,39,51,54,59H,19-23H2,1-8H3,(H2,48,52)(H,49,58)/t28-,29-,30+,34-,35+,36+,37-,39-,45+,46-,47+/m0/s1. The molecule has 2 aromatic rings. The zero-order valence-electron chi connectivity index (χ0n) is 38.1. The Hall–Kier alpha value is -5.34. The lowest BCUT2D eigenvalue weighted by atomic mass is 9.44. The molecule has 19 heteroatoms.